The largest absolute Gasteiger partial charge is 0.321 e. The number of hydrogen-bond donors (Lipinski definition) is 1. The van der Waals surface area contributed by atoms with E-state index in [1.54, 1.807) is 12.1 Å². The summed E-state index contributed by atoms with van der Waals surface area (Å²) in [6, 6.07) is 32.6. The number of ketones is 1. The standard InChI is InChI=1S/C28H23Cl2NO/c29-24-14-8-7-13-21(24)18-26(31)28(32)22-15-16-23(25(30)17-22)27(19-9-3-1-4-10-19)20-11-5-2-6-12-20/h1-17,26-27H,18,31H2/t26-/m0/s1. The van der Waals surface area contributed by atoms with Crippen molar-refractivity contribution in [1.82, 2.24) is 0 Å². The Labute approximate surface area is 198 Å². The highest BCUT2D eigenvalue weighted by molar-refractivity contribution is 6.32. The van der Waals surface area contributed by atoms with Gasteiger partial charge in [0.05, 0.1) is 6.04 Å². The van der Waals surface area contributed by atoms with Crippen LogP contribution < -0.4 is 5.73 Å². The summed E-state index contributed by atoms with van der Waals surface area (Å²) < 4.78 is 0. The number of Topliss-reactive ketones (excluding diaryl/α,β-unsaturated/α-hetero) is 1. The van der Waals surface area contributed by atoms with Gasteiger partial charge >= 0.3 is 0 Å². The van der Waals surface area contributed by atoms with Crippen molar-refractivity contribution < 1.29 is 4.79 Å². The molecule has 2 N–H and O–H groups in total. The summed E-state index contributed by atoms with van der Waals surface area (Å²) >= 11 is 13.0. The van der Waals surface area contributed by atoms with E-state index in [-0.39, 0.29) is 11.7 Å². The molecule has 0 fully saturated rings. The van der Waals surface area contributed by atoms with Crippen LogP contribution in [0, 0.1) is 0 Å². The number of carbonyl (C=O) groups is 1. The first-order valence-electron chi connectivity index (χ1n) is 10.5. The highest BCUT2D eigenvalue weighted by Gasteiger charge is 2.22. The molecule has 0 aliphatic rings. The normalized spacial score (nSPS) is 12.0. The fraction of sp³-hybridized carbons (Fsp3) is 0.107. The lowest BCUT2D eigenvalue weighted by atomic mass is 9.84. The zero-order chi connectivity index (χ0) is 22.5. The predicted octanol–water partition coefficient (Wildman–Crippen LogP) is 6.93. The second-order valence-electron chi connectivity index (χ2n) is 7.76. The van der Waals surface area contributed by atoms with Gasteiger partial charge in [-0.15, -0.1) is 0 Å². The van der Waals surface area contributed by atoms with Gasteiger partial charge in [-0.05, 0) is 40.8 Å². The van der Waals surface area contributed by atoms with E-state index >= 15 is 0 Å². The van der Waals surface area contributed by atoms with Gasteiger partial charge in [-0.25, -0.2) is 0 Å². The van der Waals surface area contributed by atoms with Crippen LogP contribution in [-0.2, 0) is 6.42 Å². The Balaban J connectivity index is 1.64. The van der Waals surface area contributed by atoms with Crippen LogP contribution in [0.25, 0.3) is 0 Å². The third-order valence-corrected chi connectivity index (χ3v) is 6.29. The lowest BCUT2D eigenvalue weighted by Gasteiger charge is -2.21. The number of benzene rings is 4. The van der Waals surface area contributed by atoms with Crippen molar-refractivity contribution in [3.05, 3.63) is 141 Å². The monoisotopic (exact) mass is 459 g/mol. The molecule has 4 rings (SSSR count). The predicted molar refractivity (Wildman–Crippen MR) is 133 cm³/mol. The van der Waals surface area contributed by atoms with Crippen molar-refractivity contribution in [2.75, 3.05) is 0 Å². The van der Waals surface area contributed by atoms with Crippen LogP contribution in [0.4, 0.5) is 0 Å². The molecule has 0 aliphatic carbocycles. The fourth-order valence-corrected chi connectivity index (χ4v) is 4.47. The summed E-state index contributed by atoms with van der Waals surface area (Å²) in [6.07, 6.45) is 0.370. The molecule has 0 heterocycles. The molecule has 4 aromatic rings. The zero-order valence-corrected chi connectivity index (χ0v) is 18.9. The number of carbonyl (C=O) groups excluding carboxylic acids is 1. The quantitative estimate of drug-likeness (QED) is 0.240. The molecule has 0 saturated carbocycles. The summed E-state index contributed by atoms with van der Waals surface area (Å²) in [4.78, 5) is 13.0. The molecule has 2 nitrogen and oxygen atoms in total. The highest BCUT2D eigenvalue weighted by Crippen LogP contribution is 2.36. The number of rotatable bonds is 7. The first-order valence-corrected chi connectivity index (χ1v) is 11.2. The SMILES string of the molecule is N[C@@H](Cc1ccccc1Cl)C(=O)c1ccc(C(c2ccccc2)c2ccccc2)c(Cl)c1. The Morgan fingerprint density at radius 3 is 1.84 bits per heavy atom. The Bertz CT molecular complexity index is 1170. The number of hydrogen-bond acceptors (Lipinski definition) is 2. The fourth-order valence-electron chi connectivity index (χ4n) is 3.96. The molecule has 0 radical (unpaired) electrons. The van der Waals surface area contributed by atoms with Gasteiger partial charge < -0.3 is 5.73 Å². The third kappa shape index (κ3) is 4.94. The van der Waals surface area contributed by atoms with Crippen molar-refractivity contribution in [2.45, 2.75) is 18.4 Å². The van der Waals surface area contributed by atoms with Gasteiger partial charge in [-0.1, -0.05) is 114 Å². The Kier molecular flexibility index (Phi) is 7.06. The summed E-state index contributed by atoms with van der Waals surface area (Å²) in [5.74, 6) is -0.194. The van der Waals surface area contributed by atoms with E-state index in [4.69, 9.17) is 28.9 Å². The van der Waals surface area contributed by atoms with Crippen LogP contribution in [0.15, 0.2) is 103 Å². The molecule has 32 heavy (non-hydrogen) atoms. The lowest BCUT2D eigenvalue weighted by Crippen LogP contribution is -2.32. The van der Waals surface area contributed by atoms with Gasteiger partial charge in [0.2, 0.25) is 0 Å². The summed E-state index contributed by atoms with van der Waals surface area (Å²) in [5.41, 5.74) is 10.8. The van der Waals surface area contributed by atoms with Crippen molar-refractivity contribution in [1.29, 1.82) is 0 Å². The van der Waals surface area contributed by atoms with Crippen molar-refractivity contribution in [3.63, 3.8) is 0 Å². The number of halogens is 2. The minimum Gasteiger partial charge on any atom is -0.321 e. The summed E-state index contributed by atoms with van der Waals surface area (Å²) in [7, 11) is 0. The molecule has 1 atom stereocenters. The molecular weight excluding hydrogens is 437 g/mol. The smallest absolute Gasteiger partial charge is 0.179 e. The van der Waals surface area contributed by atoms with Crippen LogP contribution in [-0.4, -0.2) is 11.8 Å². The van der Waals surface area contributed by atoms with Gasteiger partial charge in [-0.3, -0.25) is 4.79 Å². The molecule has 4 heteroatoms. The van der Waals surface area contributed by atoms with Crippen molar-refractivity contribution >= 4 is 29.0 Å². The van der Waals surface area contributed by atoms with E-state index in [1.807, 2.05) is 66.7 Å². The maximum atomic E-state index is 13.0. The van der Waals surface area contributed by atoms with E-state index in [0.29, 0.717) is 22.0 Å². The third-order valence-electron chi connectivity index (χ3n) is 5.60. The van der Waals surface area contributed by atoms with Crippen molar-refractivity contribution in [2.24, 2.45) is 5.73 Å². The van der Waals surface area contributed by atoms with Crippen molar-refractivity contribution in [3.8, 4) is 0 Å². The average Bonchev–Trinajstić information content (AvgIpc) is 2.82. The minimum atomic E-state index is -0.698. The second kappa shape index (κ2) is 10.1. The summed E-state index contributed by atoms with van der Waals surface area (Å²) in [5, 5.41) is 1.15. The molecule has 0 spiro atoms. The zero-order valence-electron chi connectivity index (χ0n) is 17.4. The van der Waals surface area contributed by atoms with Gasteiger partial charge in [0, 0.05) is 21.5 Å². The molecule has 160 valence electrons. The van der Waals surface area contributed by atoms with E-state index in [0.717, 1.165) is 22.3 Å². The molecule has 0 unspecified atom stereocenters. The van der Waals surface area contributed by atoms with E-state index in [9.17, 15) is 4.79 Å². The molecule has 0 aromatic heterocycles. The van der Waals surface area contributed by atoms with Crippen LogP contribution in [0.5, 0.6) is 0 Å². The molecule has 0 amide bonds. The topological polar surface area (TPSA) is 43.1 Å². The van der Waals surface area contributed by atoms with Crippen LogP contribution in [0.2, 0.25) is 10.0 Å². The highest BCUT2D eigenvalue weighted by atomic mass is 35.5. The molecule has 4 aromatic carbocycles. The average molecular weight is 460 g/mol. The Morgan fingerprint density at radius 2 is 1.28 bits per heavy atom. The summed E-state index contributed by atoms with van der Waals surface area (Å²) in [6.45, 7) is 0. The lowest BCUT2D eigenvalue weighted by molar-refractivity contribution is 0.0961. The Hall–Kier alpha value is -2.91. The molecular formula is C28H23Cl2NO. The first kappa shape index (κ1) is 22.3. The van der Waals surface area contributed by atoms with E-state index in [1.165, 1.54) is 0 Å². The van der Waals surface area contributed by atoms with Crippen LogP contribution in [0.3, 0.4) is 0 Å². The van der Waals surface area contributed by atoms with E-state index in [2.05, 4.69) is 24.3 Å². The number of nitrogens with two attached hydrogens (primary N) is 1. The maximum absolute atomic E-state index is 13.0. The minimum absolute atomic E-state index is 0.0362. The molecule has 0 bridgehead atoms. The second-order valence-corrected chi connectivity index (χ2v) is 8.57. The maximum Gasteiger partial charge on any atom is 0.179 e. The van der Waals surface area contributed by atoms with Gasteiger partial charge in [0.1, 0.15) is 0 Å². The molecule has 0 saturated heterocycles. The van der Waals surface area contributed by atoms with Gasteiger partial charge in [0.25, 0.3) is 0 Å². The molecule has 0 aliphatic heterocycles. The van der Waals surface area contributed by atoms with E-state index < -0.39 is 6.04 Å². The Morgan fingerprint density at radius 1 is 0.719 bits per heavy atom. The van der Waals surface area contributed by atoms with Gasteiger partial charge in [0.15, 0.2) is 5.78 Å². The van der Waals surface area contributed by atoms with Gasteiger partial charge in [-0.2, -0.15) is 0 Å². The first-order chi connectivity index (χ1) is 15.5. The van der Waals surface area contributed by atoms with Crippen LogP contribution >= 0.6 is 23.2 Å². The van der Waals surface area contributed by atoms with Crippen LogP contribution in [0.1, 0.15) is 38.5 Å².